The van der Waals surface area contributed by atoms with Gasteiger partial charge in [-0.25, -0.2) is 8.78 Å². The predicted octanol–water partition coefficient (Wildman–Crippen LogP) is 1.62. The number of hydrogen-bond donors (Lipinski definition) is 4. The van der Waals surface area contributed by atoms with Crippen LogP contribution in [0.5, 0.6) is 0 Å². The second-order valence-corrected chi connectivity index (χ2v) is 4.39. The molecular formula is C13H18F2N4O. The molecule has 1 amide bonds. The molecule has 4 N–H and O–H groups in total. The lowest BCUT2D eigenvalue weighted by atomic mass is 10.2. The van der Waals surface area contributed by atoms with Gasteiger partial charge in [-0.3, -0.25) is 4.79 Å². The van der Waals surface area contributed by atoms with Crippen molar-refractivity contribution < 1.29 is 13.6 Å². The van der Waals surface area contributed by atoms with E-state index >= 15 is 0 Å². The minimum absolute atomic E-state index is 0.0311. The fourth-order valence-electron chi connectivity index (χ4n) is 1.50. The Labute approximate surface area is 116 Å². The molecule has 0 aromatic rings. The van der Waals surface area contributed by atoms with Gasteiger partial charge in [0.2, 0.25) is 0 Å². The normalized spacial score (nSPS) is 18.6. The van der Waals surface area contributed by atoms with Crippen LogP contribution in [0.15, 0.2) is 35.4 Å². The maximum absolute atomic E-state index is 12.7. The molecule has 0 aliphatic carbocycles. The van der Waals surface area contributed by atoms with E-state index in [9.17, 15) is 13.6 Å². The van der Waals surface area contributed by atoms with E-state index in [-0.39, 0.29) is 28.8 Å². The first-order valence-corrected chi connectivity index (χ1v) is 6.17. The van der Waals surface area contributed by atoms with Gasteiger partial charge >= 0.3 is 0 Å². The van der Waals surface area contributed by atoms with E-state index in [1.54, 1.807) is 0 Å². The number of nitrogens with one attached hydrogen (secondary N) is 4. The summed E-state index contributed by atoms with van der Waals surface area (Å²) in [6.07, 6.45) is -0.0208. The van der Waals surface area contributed by atoms with Crippen molar-refractivity contribution in [2.75, 3.05) is 0 Å². The van der Waals surface area contributed by atoms with Crippen LogP contribution in [0.25, 0.3) is 0 Å². The third kappa shape index (κ3) is 3.91. The van der Waals surface area contributed by atoms with Crippen LogP contribution in [-0.4, -0.2) is 24.6 Å². The van der Waals surface area contributed by atoms with Crippen LogP contribution in [0.3, 0.4) is 0 Å². The molecule has 1 unspecified atom stereocenters. The van der Waals surface area contributed by atoms with Gasteiger partial charge in [-0.05, 0) is 19.4 Å². The second-order valence-electron chi connectivity index (χ2n) is 4.39. The van der Waals surface area contributed by atoms with Gasteiger partial charge in [0.25, 0.3) is 12.3 Å². The summed E-state index contributed by atoms with van der Waals surface area (Å²) < 4.78 is 25.4. The third-order valence-corrected chi connectivity index (χ3v) is 2.77. The zero-order chi connectivity index (χ0) is 15.3. The second kappa shape index (κ2) is 6.83. The van der Waals surface area contributed by atoms with Crippen LogP contribution in [-0.2, 0) is 4.79 Å². The molecule has 20 heavy (non-hydrogen) atoms. The van der Waals surface area contributed by atoms with E-state index in [2.05, 4.69) is 22.5 Å². The van der Waals surface area contributed by atoms with Gasteiger partial charge in [-0.15, -0.1) is 0 Å². The molecule has 0 fully saturated rings. The molecule has 1 aliphatic heterocycles. The molecule has 0 spiro atoms. The van der Waals surface area contributed by atoms with Crippen molar-refractivity contribution in [3.63, 3.8) is 0 Å². The summed E-state index contributed by atoms with van der Waals surface area (Å²) in [7, 11) is 0. The SMILES string of the molecule is C=C1C=C(C(F)F)N/C(=C(\C=N)C(=O)NC(C)CC)N1. The summed E-state index contributed by atoms with van der Waals surface area (Å²) in [6, 6.07) is -0.0741. The minimum Gasteiger partial charge on any atom is -0.349 e. The van der Waals surface area contributed by atoms with Gasteiger partial charge < -0.3 is 21.4 Å². The third-order valence-electron chi connectivity index (χ3n) is 2.77. The van der Waals surface area contributed by atoms with Crippen LogP contribution in [0.2, 0.25) is 0 Å². The Morgan fingerprint density at radius 2 is 2.20 bits per heavy atom. The fourth-order valence-corrected chi connectivity index (χ4v) is 1.50. The first kappa shape index (κ1) is 15.9. The molecule has 7 heteroatoms. The molecule has 0 aromatic heterocycles. The standard InChI is InChI=1S/C13H18F2N4O/c1-4-7(2)18-13(20)9(6-16)12-17-8(3)5-10(19-12)11(14)15/h5-7,11,16-17,19H,3-4H2,1-2H3,(H,18,20)/b12-9+,16-6?. The van der Waals surface area contributed by atoms with E-state index in [1.165, 1.54) is 0 Å². The molecule has 1 atom stereocenters. The van der Waals surface area contributed by atoms with E-state index in [0.717, 1.165) is 18.7 Å². The number of halogens is 2. The van der Waals surface area contributed by atoms with Crippen LogP contribution < -0.4 is 16.0 Å². The first-order valence-electron chi connectivity index (χ1n) is 6.17. The summed E-state index contributed by atoms with van der Waals surface area (Å²) in [5.74, 6) is -0.476. The number of amides is 1. The molecule has 110 valence electrons. The molecule has 0 saturated carbocycles. The molecule has 0 bridgehead atoms. The topological polar surface area (TPSA) is 77.0 Å². The number of rotatable bonds is 5. The van der Waals surface area contributed by atoms with Crippen LogP contribution >= 0.6 is 0 Å². The van der Waals surface area contributed by atoms with Crippen molar-refractivity contribution in [3.05, 3.63) is 35.4 Å². The smallest absolute Gasteiger partial charge is 0.278 e. The number of hydrogen-bond acceptors (Lipinski definition) is 4. The Kier molecular flexibility index (Phi) is 5.42. The zero-order valence-electron chi connectivity index (χ0n) is 11.4. The van der Waals surface area contributed by atoms with Crippen molar-refractivity contribution in [1.82, 2.24) is 16.0 Å². The Bertz CT molecular complexity index is 483. The lowest BCUT2D eigenvalue weighted by molar-refractivity contribution is -0.117. The van der Waals surface area contributed by atoms with Crippen molar-refractivity contribution >= 4 is 12.1 Å². The molecule has 0 saturated heterocycles. The summed E-state index contributed by atoms with van der Waals surface area (Å²) in [5, 5.41) is 15.1. The van der Waals surface area contributed by atoms with Crippen LogP contribution in [0.4, 0.5) is 8.78 Å². The zero-order valence-corrected chi connectivity index (χ0v) is 11.4. The highest BCUT2D eigenvalue weighted by molar-refractivity contribution is 6.12. The molecule has 0 aromatic carbocycles. The van der Waals surface area contributed by atoms with Crippen LogP contribution in [0.1, 0.15) is 20.3 Å². The quantitative estimate of drug-likeness (QED) is 0.457. The predicted molar refractivity (Wildman–Crippen MR) is 73.2 cm³/mol. The van der Waals surface area contributed by atoms with Crippen molar-refractivity contribution in [1.29, 1.82) is 5.41 Å². The van der Waals surface area contributed by atoms with Crippen molar-refractivity contribution in [2.24, 2.45) is 0 Å². The van der Waals surface area contributed by atoms with Gasteiger partial charge in [0.1, 0.15) is 5.82 Å². The number of carbonyl (C=O) groups is 1. The van der Waals surface area contributed by atoms with Crippen molar-refractivity contribution in [2.45, 2.75) is 32.7 Å². The maximum Gasteiger partial charge on any atom is 0.278 e. The van der Waals surface area contributed by atoms with Gasteiger partial charge in [0.15, 0.2) is 0 Å². The molecule has 1 aliphatic rings. The summed E-state index contributed by atoms with van der Waals surface area (Å²) in [4.78, 5) is 12.0. The number of carbonyl (C=O) groups excluding carboxylic acids is 1. The lowest BCUT2D eigenvalue weighted by Crippen LogP contribution is -2.39. The number of allylic oxidation sites excluding steroid dienone is 2. The van der Waals surface area contributed by atoms with Gasteiger partial charge in [-0.2, -0.15) is 0 Å². The molecule has 1 heterocycles. The Balaban J connectivity index is 3.02. The maximum atomic E-state index is 12.7. The summed E-state index contributed by atoms with van der Waals surface area (Å²) in [5.41, 5.74) is -0.193. The Morgan fingerprint density at radius 1 is 1.55 bits per heavy atom. The van der Waals surface area contributed by atoms with E-state index < -0.39 is 12.3 Å². The number of alkyl halides is 2. The van der Waals surface area contributed by atoms with Crippen LogP contribution in [0, 0.1) is 5.41 Å². The van der Waals surface area contributed by atoms with E-state index in [1.807, 2.05) is 13.8 Å². The largest absolute Gasteiger partial charge is 0.349 e. The van der Waals surface area contributed by atoms with E-state index in [0.29, 0.717) is 0 Å². The first-order chi connectivity index (χ1) is 9.38. The average molecular weight is 284 g/mol. The Hall–Kier alpha value is -2.18. The van der Waals surface area contributed by atoms with E-state index in [4.69, 9.17) is 5.41 Å². The molecule has 1 rings (SSSR count). The highest BCUT2D eigenvalue weighted by Crippen LogP contribution is 2.15. The highest BCUT2D eigenvalue weighted by atomic mass is 19.3. The molecular weight excluding hydrogens is 266 g/mol. The van der Waals surface area contributed by atoms with Crippen molar-refractivity contribution in [3.8, 4) is 0 Å². The molecule has 0 radical (unpaired) electrons. The average Bonchev–Trinajstić information content (AvgIpc) is 2.38. The monoisotopic (exact) mass is 284 g/mol. The fraction of sp³-hybridized carbons (Fsp3) is 0.385. The summed E-state index contributed by atoms with van der Waals surface area (Å²) >= 11 is 0. The van der Waals surface area contributed by atoms with Gasteiger partial charge in [0, 0.05) is 18.0 Å². The minimum atomic E-state index is -2.71. The van der Waals surface area contributed by atoms with Gasteiger partial charge in [0.05, 0.1) is 11.3 Å². The van der Waals surface area contributed by atoms with Gasteiger partial charge in [-0.1, -0.05) is 13.5 Å². The molecule has 5 nitrogen and oxygen atoms in total. The highest BCUT2D eigenvalue weighted by Gasteiger charge is 2.22. The summed E-state index contributed by atoms with van der Waals surface area (Å²) in [6.45, 7) is 7.26. The lowest BCUT2D eigenvalue weighted by Gasteiger charge is -2.23. The Morgan fingerprint density at radius 3 is 2.70 bits per heavy atom.